The summed E-state index contributed by atoms with van der Waals surface area (Å²) < 4.78 is 0.828. The number of hydrogen-bond acceptors (Lipinski definition) is 1. The minimum Gasteiger partial charge on any atom is -0.366 e. The molecule has 1 rings (SSSR count). The largest absolute Gasteiger partial charge is 0.366 e. The van der Waals surface area contributed by atoms with Crippen LogP contribution in [0.3, 0.4) is 0 Å². The van der Waals surface area contributed by atoms with Crippen molar-refractivity contribution in [1.29, 1.82) is 0 Å². The Morgan fingerprint density at radius 3 is 2.67 bits per heavy atom. The van der Waals surface area contributed by atoms with Crippen LogP contribution >= 0.6 is 15.9 Å². The lowest BCUT2D eigenvalue weighted by Crippen LogP contribution is -2.10. The van der Waals surface area contributed by atoms with Crippen molar-refractivity contribution in [3.05, 3.63) is 40.4 Å². The zero-order valence-electron chi connectivity index (χ0n) is 6.38. The summed E-state index contributed by atoms with van der Waals surface area (Å²) in [6.07, 6.45) is 1.66. The number of halogens is 1. The summed E-state index contributed by atoms with van der Waals surface area (Å²) in [5.41, 5.74) is 6.47. The third-order valence-corrected chi connectivity index (χ3v) is 1.90. The average Bonchev–Trinajstić information content (AvgIpc) is 2.03. The molecule has 0 saturated carbocycles. The number of benzene rings is 1. The second-order valence-electron chi connectivity index (χ2n) is 2.34. The molecule has 0 bridgehead atoms. The maximum Gasteiger partial charge on any atom is 0.248 e. The number of primary amides is 1. The first-order valence-electron chi connectivity index (χ1n) is 3.36. The molecule has 2 N–H and O–H groups in total. The quantitative estimate of drug-likeness (QED) is 0.825. The van der Waals surface area contributed by atoms with Crippen LogP contribution < -0.4 is 5.73 Å². The molecule has 0 spiro atoms. The fourth-order valence-electron chi connectivity index (χ4n) is 0.872. The second kappa shape index (κ2) is 3.54. The molecular weight excluding hydrogens is 218 g/mol. The highest BCUT2D eigenvalue weighted by atomic mass is 79.9. The normalized spacial score (nSPS) is 9.42. The van der Waals surface area contributed by atoms with Crippen molar-refractivity contribution in [1.82, 2.24) is 0 Å². The molecule has 0 radical (unpaired) electrons. The monoisotopic (exact) mass is 225 g/mol. The number of hydrogen-bond donors (Lipinski definition) is 1. The van der Waals surface area contributed by atoms with E-state index in [0.717, 1.165) is 10.0 Å². The summed E-state index contributed by atoms with van der Waals surface area (Å²) >= 11 is 3.27. The van der Waals surface area contributed by atoms with Crippen LogP contribution in [0.1, 0.15) is 15.9 Å². The van der Waals surface area contributed by atoms with Gasteiger partial charge < -0.3 is 5.73 Å². The van der Waals surface area contributed by atoms with E-state index in [9.17, 15) is 4.79 Å². The van der Waals surface area contributed by atoms with E-state index >= 15 is 0 Å². The van der Waals surface area contributed by atoms with Gasteiger partial charge in [-0.25, -0.2) is 0 Å². The first kappa shape index (κ1) is 9.00. The van der Waals surface area contributed by atoms with Crippen molar-refractivity contribution < 1.29 is 4.79 Å². The minimum atomic E-state index is -0.431. The third kappa shape index (κ3) is 1.95. The van der Waals surface area contributed by atoms with Gasteiger partial charge in [0.1, 0.15) is 0 Å². The summed E-state index contributed by atoms with van der Waals surface area (Å²) in [6.45, 7) is 3.60. The minimum absolute atomic E-state index is 0.431. The number of nitrogens with two attached hydrogens (primary N) is 1. The first-order valence-corrected chi connectivity index (χ1v) is 4.15. The van der Waals surface area contributed by atoms with E-state index in [1.807, 2.05) is 6.07 Å². The number of rotatable bonds is 2. The lowest BCUT2D eigenvalue weighted by molar-refractivity contribution is 0.1000. The first-order chi connectivity index (χ1) is 5.63. The van der Waals surface area contributed by atoms with E-state index in [-0.39, 0.29) is 0 Å². The van der Waals surface area contributed by atoms with E-state index in [0.29, 0.717) is 5.56 Å². The Morgan fingerprint density at radius 1 is 1.50 bits per heavy atom. The van der Waals surface area contributed by atoms with E-state index in [4.69, 9.17) is 5.73 Å². The molecule has 0 saturated heterocycles. The molecule has 1 aromatic rings. The van der Waals surface area contributed by atoms with Gasteiger partial charge in [0, 0.05) is 10.0 Å². The maximum atomic E-state index is 10.8. The Balaban J connectivity index is 3.23. The molecule has 0 unspecified atom stereocenters. The SMILES string of the molecule is C=Cc1cc(Br)cc(C(N)=O)c1. The van der Waals surface area contributed by atoms with Gasteiger partial charge in [0.2, 0.25) is 5.91 Å². The predicted molar refractivity (Wildman–Crippen MR) is 52.8 cm³/mol. The molecule has 0 aliphatic carbocycles. The Kier molecular flexibility index (Phi) is 2.65. The summed E-state index contributed by atoms with van der Waals surface area (Å²) in [5.74, 6) is -0.431. The van der Waals surface area contributed by atoms with Gasteiger partial charge in [0.15, 0.2) is 0 Å². The highest BCUT2D eigenvalue weighted by Gasteiger charge is 2.01. The molecule has 0 aliphatic rings. The van der Waals surface area contributed by atoms with Crippen LogP contribution in [0.5, 0.6) is 0 Å². The highest BCUT2D eigenvalue weighted by Crippen LogP contribution is 2.16. The second-order valence-corrected chi connectivity index (χ2v) is 3.26. The molecule has 12 heavy (non-hydrogen) atoms. The van der Waals surface area contributed by atoms with Crippen molar-refractivity contribution in [3.63, 3.8) is 0 Å². The smallest absolute Gasteiger partial charge is 0.248 e. The number of carbonyl (C=O) groups excluding carboxylic acids is 1. The van der Waals surface area contributed by atoms with Crippen LogP contribution in [0.25, 0.3) is 6.08 Å². The van der Waals surface area contributed by atoms with Gasteiger partial charge in [0.05, 0.1) is 0 Å². The van der Waals surface area contributed by atoms with Crippen molar-refractivity contribution in [2.24, 2.45) is 5.73 Å². The number of amides is 1. The van der Waals surface area contributed by atoms with Crippen LogP contribution in [0, 0.1) is 0 Å². The van der Waals surface area contributed by atoms with Gasteiger partial charge in [-0.2, -0.15) is 0 Å². The molecular formula is C9H8BrNO. The Bertz CT molecular complexity index is 333. The van der Waals surface area contributed by atoms with E-state index in [1.165, 1.54) is 0 Å². The van der Waals surface area contributed by atoms with Crippen LogP contribution in [-0.4, -0.2) is 5.91 Å². The van der Waals surface area contributed by atoms with E-state index < -0.39 is 5.91 Å². The maximum absolute atomic E-state index is 10.8. The molecule has 62 valence electrons. The Hall–Kier alpha value is -1.09. The molecule has 1 aromatic carbocycles. The van der Waals surface area contributed by atoms with Crippen molar-refractivity contribution >= 4 is 27.9 Å². The van der Waals surface area contributed by atoms with Gasteiger partial charge in [-0.05, 0) is 23.8 Å². The average molecular weight is 226 g/mol. The fraction of sp³-hybridized carbons (Fsp3) is 0. The molecule has 2 nitrogen and oxygen atoms in total. The lowest BCUT2D eigenvalue weighted by atomic mass is 10.1. The number of carbonyl (C=O) groups is 1. The van der Waals surface area contributed by atoms with Crippen molar-refractivity contribution in [2.75, 3.05) is 0 Å². The van der Waals surface area contributed by atoms with Gasteiger partial charge >= 0.3 is 0 Å². The van der Waals surface area contributed by atoms with Crippen LogP contribution in [0.15, 0.2) is 29.3 Å². The van der Waals surface area contributed by atoms with Crippen LogP contribution in [0.4, 0.5) is 0 Å². The van der Waals surface area contributed by atoms with Gasteiger partial charge in [0.25, 0.3) is 0 Å². The molecule has 0 fully saturated rings. The highest BCUT2D eigenvalue weighted by molar-refractivity contribution is 9.10. The Morgan fingerprint density at radius 2 is 2.17 bits per heavy atom. The lowest BCUT2D eigenvalue weighted by Gasteiger charge is -1.99. The zero-order chi connectivity index (χ0) is 9.14. The third-order valence-electron chi connectivity index (χ3n) is 1.44. The molecule has 0 aliphatic heterocycles. The summed E-state index contributed by atoms with van der Waals surface area (Å²) in [4.78, 5) is 10.8. The van der Waals surface area contributed by atoms with Crippen LogP contribution in [-0.2, 0) is 0 Å². The van der Waals surface area contributed by atoms with E-state index in [1.54, 1.807) is 18.2 Å². The fourth-order valence-corrected chi connectivity index (χ4v) is 1.38. The standard InChI is InChI=1S/C9H8BrNO/c1-2-6-3-7(9(11)12)5-8(10)4-6/h2-5H,1H2,(H2,11,12). The molecule has 0 atom stereocenters. The zero-order valence-corrected chi connectivity index (χ0v) is 7.97. The van der Waals surface area contributed by atoms with Crippen molar-refractivity contribution in [2.45, 2.75) is 0 Å². The molecule has 0 heterocycles. The van der Waals surface area contributed by atoms with Crippen molar-refractivity contribution in [3.8, 4) is 0 Å². The Labute approximate surface area is 79.2 Å². The molecule has 1 amide bonds. The molecule has 0 aromatic heterocycles. The van der Waals surface area contributed by atoms with Crippen LogP contribution in [0.2, 0.25) is 0 Å². The predicted octanol–water partition coefficient (Wildman–Crippen LogP) is 2.19. The van der Waals surface area contributed by atoms with Gasteiger partial charge in [-0.1, -0.05) is 28.6 Å². The molecule has 3 heteroatoms. The summed E-state index contributed by atoms with van der Waals surface area (Å²) in [7, 11) is 0. The topological polar surface area (TPSA) is 43.1 Å². The summed E-state index contributed by atoms with van der Waals surface area (Å²) in [6, 6.07) is 5.23. The van der Waals surface area contributed by atoms with E-state index in [2.05, 4.69) is 22.5 Å². The van der Waals surface area contributed by atoms with Gasteiger partial charge in [-0.15, -0.1) is 0 Å². The van der Waals surface area contributed by atoms with Gasteiger partial charge in [-0.3, -0.25) is 4.79 Å². The summed E-state index contributed by atoms with van der Waals surface area (Å²) in [5, 5.41) is 0.